The lowest BCUT2D eigenvalue weighted by Crippen LogP contribution is -1.86. The molecule has 0 aliphatic heterocycles. The minimum atomic E-state index is 0.727. The summed E-state index contributed by atoms with van der Waals surface area (Å²) in [5.74, 6) is 1.70. The molecular weight excluding hydrogens is 264 g/mol. The number of rotatable bonds is 2. The minimum Gasteiger partial charge on any atom is -0.342 e. The third-order valence-corrected chi connectivity index (χ3v) is 4.11. The van der Waals surface area contributed by atoms with Crippen molar-refractivity contribution in [2.45, 2.75) is 25.7 Å². The van der Waals surface area contributed by atoms with Gasteiger partial charge in [0.25, 0.3) is 0 Å². The van der Waals surface area contributed by atoms with Gasteiger partial charge in [0, 0.05) is 27.8 Å². The van der Waals surface area contributed by atoms with Crippen LogP contribution < -0.4 is 0 Å². The smallest absolute Gasteiger partial charge is 0.138 e. The highest BCUT2D eigenvalue weighted by Gasteiger charge is 2.25. The van der Waals surface area contributed by atoms with Crippen LogP contribution in [0.2, 0.25) is 0 Å². The number of H-pyrrole nitrogens is 1. The van der Waals surface area contributed by atoms with Gasteiger partial charge in [-0.1, -0.05) is 18.2 Å². The quantitative estimate of drug-likeness (QED) is 0.882. The van der Waals surface area contributed by atoms with Crippen molar-refractivity contribution >= 4 is 15.9 Å². The van der Waals surface area contributed by atoms with Crippen LogP contribution in [-0.4, -0.2) is 9.97 Å². The Labute approximate surface area is 103 Å². The maximum Gasteiger partial charge on any atom is 0.138 e. The molecule has 1 aliphatic carbocycles. The third-order valence-electron chi connectivity index (χ3n) is 3.06. The molecule has 0 saturated heterocycles. The molecule has 2 aromatic rings. The normalized spacial score (nSPS) is 15.4. The number of aromatic amines is 1. The van der Waals surface area contributed by atoms with Crippen LogP contribution in [0.25, 0.3) is 11.4 Å². The fourth-order valence-corrected chi connectivity index (χ4v) is 2.36. The number of halogens is 1. The molecule has 0 radical (unpaired) electrons. The van der Waals surface area contributed by atoms with Crippen molar-refractivity contribution in [2.75, 3.05) is 0 Å². The molecule has 1 fully saturated rings. The van der Waals surface area contributed by atoms with Gasteiger partial charge in [-0.25, -0.2) is 4.98 Å². The van der Waals surface area contributed by atoms with Crippen LogP contribution in [0.4, 0.5) is 0 Å². The van der Waals surface area contributed by atoms with Gasteiger partial charge in [0.05, 0.1) is 0 Å². The van der Waals surface area contributed by atoms with Gasteiger partial charge >= 0.3 is 0 Å². The van der Waals surface area contributed by atoms with Crippen LogP contribution in [0, 0.1) is 6.92 Å². The second-order valence-electron chi connectivity index (χ2n) is 4.40. The van der Waals surface area contributed by atoms with Crippen molar-refractivity contribution in [1.82, 2.24) is 9.97 Å². The SMILES string of the molecule is Cc1cccc(-c2ncc(C3CC3)[nH]2)c1Br. The van der Waals surface area contributed by atoms with Crippen LogP contribution in [0.5, 0.6) is 0 Å². The Hall–Kier alpha value is -1.09. The first-order valence-corrected chi connectivity index (χ1v) is 6.35. The molecular formula is C13H13BrN2. The van der Waals surface area contributed by atoms with Crippen molar-refractivity contribution < 1.29 is 0 Å². The molecule has 0 spiro atoms. The van der Waals surface area contributed by atoms with Crippen molar-refractivity contribution in [3.63, 3.8) is 0 Å². The van der Waals surface area contributed by atoms with E-state index in [4.69, 9.17) is 0 Å². The largest absolute Gasteiger partial charge is 0.342 e. The Morgan fingerprint density at radius 2 is 2.19 bits per heavy atom. The second kappa shape index (κ2) is 3.74. The molecule has 0 amide bonds. The number of hydrogen-bond acceptors (Lipinski definition) is 1. The Kier molecular flexibility index (Phi) is 2.36. The van der Waals surface area contributed by atoms with Gasteiger partial charge in [-0.05, 0) is 41.3 Å². The summed E-state index contributed by atoms with van der Waals surface area (Å²) in [5.41, 5.74) is 3.66. The highest BCUT2D eigenvalue weighted by atomic mass is 79.9. The standard InChI is InChI=1S/C13H13BrN2/c1-8-3-2-4-10(12(8)14)13-15-7-11(16-13)9-5-6-9/h2-4,7,9H,5-6H2,1H3,(H,15,16). The lowest BCUT2D eigenvalue weighted by Gasteiger charge is -2.03. The lowest BCUT2D eigenvalue weighted by atomic mass is 10.1. The number of nitrogens with one attached hydrogen (secondary N) is 1. The van der Waals surface area contributed by atoms with E-state index < -0.39 is 0 Å². The van der Waals surface area contributed by atoms with E-state index in [9.17, 15) is 0 Å². The van der Waals surface area contributed by atoms with Crippen LogP contribution in [0.1, 0.15) is 30.0 Å². The number of aromatic nitrogens is 2. The van der Waals surface area contributed by atoms with Gasteiger partial charge in [-0.2, -0.15) is 0 Å². The van der Waals surface area contributed by atoms with Crippen LogP contribution in [0.15, 0.2) is 28.9 Å². The van der Waals surface area contributed by atoms with E-state index >= 15 is 0 Å². The average molecular weight is 277 g/mol. The highest BCUT2D eigenvalue weighted by Crippen LogP contribution is 2.40. The predicted octanol–water partition coefficient (Wildman–Crippen LogP) is 4.03. The summed E-state index contributed by atoms with van der Waals surface area (Å²) in [6, 6.07) is 6.25. The summed E-state index contributed by atoms with van der Waals surface area (Å²) in [5, 5.41) is 0. The van der Waals surface area contributed by atoms with Gasteiger partial charge in [0.1, 0.15) is 5.82 Å². The van der Waals surface area contributed by atoms with Crippen LogP contribution >= 0.6 is 15.9 Å². The zero-order valence-corrected chi connectivity index (χ0v) is 10.7. The topological polar surface area (TPSA) is 28.7 Å². The van der Waals surface area contributed by atoms with Gasteiger partial charge in [0.15, 0.2) is 0 Å². The van der Waals surface area contributed by atoms with Gasteiger partial charge in [-0.3, -0.25) is 0 Å². The molecule has 1 aliphatic rings. The van der Waals surface area contributed by atoms with E-state index in [1.165, 1.54) is 24.1 Å². The zero-order valence-electron chi connectivity index (χ0n) is 9.13. The van der Waals surface area contributed by atoms with E-state index in [2.05, 4.69) is 51.0 Å². The van der Waals surface area contributed by atoms with Gasteiger partial charge < -0.3 is 4.98 Å². The molecule has 1 heterocycles. The van der Waals surface area contributed by atoms with Gasteiger partial charge in [0.2, 0.25) is 0 Å². The Balaban J connectivity index is 2.03. The van der Waals surface area contributed by atoms with Crippen molar-refractivity contribution in [3.05, 3.63) is 40.1 Å². The molecule has 2 nitrogen and oxygen atoms in total. The summed E-state index contributed by atoms with van der Waals surface area (Å²) >= 11 is 3.62. The predicted molar refractivity (Wildman–Crippen MR) is 68.4 cm³/mol. The first-order valence-electron chi connectivity index (χ1n) is 5.56. The molecule has 3 heteroatoms. The van der Waals surface area contributed by atoms with E-state index in [1.54, 1.807) is 0 Å². The maximum absolute atomic E-state index is 4.46. The number of nitrogens with zero attached hydrogens (tertiary/aromatic N) is 1. The molecule has 82 valence electrons. The molecule has 1 aromatic carbocycles. The van der Waals surface area contributed by atoms with E-state index in [0.29, 0.717) is 0 Å². The summed E-state index contributed by atoms with van der Waals surface area (Å²) in [7, 11) is 0. The summed E-state index contributed by atoms with van der Waals surface area (Å²) < 4.78 is 1.13. The molecule has 0 unspecified atom stereocenters. The second-order valence-corrected chi connectivity index (χ2v) is 5.19. The fraction of sp³-hybridized carbons (Fsp3) is 0.308. The van der Waals surface area contributed by atoms with Crippen LogP contribution in [0.3, 0.4) is 0 Å². The molecule has 3 rings (SSSR count). The molecule has 0 bridgehead atoms. The zero-order chi connectivity index (χ0) is 11.1. The highest BCUT2D eigenvalue weighted by molar-refractivity contribution is 9.10. The molecule has 1 aromatic heterocycles. The summed E-state index contributed by atoms with van der Waals surface area (Å²) in [4.78, 5) is 7.88. The van der Waals surface area contributed by atoms with Crippen molar-refractivity contribution in [1.29, 1.82) is 0 Å². The molecule has 16 heavy (non-hydrogen) atoms. The van der Waals surface area contributed by atoms with Crippen LogP contribution in [-0.2, 0) is 0 Å². The fourth-order valence-electron chi connectivity index (χ4n) is 1.90. The third kappa shape index (κ3) is 1.69. The number of hydrogen-bond donors (Lipinski definition) is 1. The van der Waals surface area contributed by atoms with Gasteiger partial charge in [-0.15, -0.1) is 0 Å². The number of aryl methyl sites for hydroxylation is 1. The summed E-state index contributed by atoms with van der Waals surface area (Å²) in [6.45, 7) is 2.10. The lowest BCUT2D eigenvalue weighted by molar-refractivity contribution is 1.05. The van der Waals surface area contributed by atoms with E-state index in [1.807, 2.05) is 6.20 Å². The Morgan fingerprint density at radius 1 is 1.38 bits per heavy atom. The summed E-state index contributed by atoms with van der Waals surface area (Å²) in [6.07, 6.45) is 4.58. The Morgan fingerprint density at radius 3 is 2.94 bits per heavy atom. The van der Waals surface area contributed by atoms with Crippen molar-refractivity contribution in [3.8, 4) is 11.4 Å². The van der Waals surface area contributed by atoms with E-state index in [-0.39, 0.29) is 0 Å². The average Bonchev–Trinajstić information content (AvgIpc) is 3.02. The Bertz CT molecular complexity index is 526. The maximum atomic E-state index is 4.46. The number of imidazole rings is 1. The van der Waals surface area contributed by atoms with E-state index in [0.717, 1.165) is 21.8 Å². The molecule has 0 atom stereocenters. The first kappa shape index (κ1) is 10.1. The number of benzene rings is 1. The molecule has 1 N–H and O–H groups in total. The monoisotopic (exact) mass is 276 g/mol. The minimum absolute atomic E-state index is 0.727. The first-order chi connectivity index (χ1) is 7.75. The van der Waals surface area contributed by atoms with Crippen molar-refractivity contribution in [2.24, 2.45) is 0 Å². The molecule has 1 saturated carbocycles.